The van der Waals surface area contributed by atoms with E-state index in [1.165, 1.54) is 45.4 Å². The van der Waals surface area contributed by atoms with Crippen LogP contribution in [0.2, 0.25) is 0 Å². The van der Waals surface area contributed by atoms with Gasteiger partial charge in [-0.05, 0) is 83.9 Å². The minimum Gasteiger partial charge on any atom is -0.0836 e. The summed E-state index contributed by atoms with van der Waals surface area (Å²) in [5.74, 6) is 2.11. The van der Waals surface area contributed by atoms with Gasteiger partial charge in [0.2, 0.25) is 0 Å². The Morgan fingerprint density at radius 2 is 1.76 bits per heavy atom. The summed E-state index contributed by atoms with van der Waals surface area (Å²) in [6.45, 7) is 9.24. The minimum absolute atomic E-state index is 0.418. The van der Waals surface area contributed by atoms with Crippen LogP contribution < -0.4 is 0 Å². The Kier molecular flexibility index (Phi) is 6.59. The van der Waals surface area contributed by atoms with Crippen molar-refractivity contribution in [3.8, 4) is 0 Å². The zero-order valence-electron chi connectivity index (χ0n) is 21.2. The summed E-state index contributed by atoms with van der Waals surface area (Å²) in [6, 6.07) is 14.0. The third kappa shape index (κ3) is 4.43. The molecule has 0 saturated heterocycles. The first-order chi connectivity index (χ1) is 16.5. The summed E-state index contributed by atoms with van der Waals surface area (Å²) in [5.41, 5.74) is 11.5. The average Bonchev–Trinajstić information content (AvgIpc) is 2.88. The van der Waals surface area contributed by atoms with E-state index in [-0.39, 0.29) is 0 Å². The smallest absolute Gasteiger partial charge is 0.0101 e. The molecular formula is C34H38. The third-order valence-corrected chi connectivity index (χ3v) is 8.32. The van der Waals surface area contributed by atoms with E-state index in [0.29, 0.717) is 23.7 Å². The molecule has 0 radical (unpaired) electrons. The first kappa shape index (κ1) is 22.9. The number of aryl methyl sites for hydroxylation is 2. The fourth-order valence-electron chi connectivity index (χ4n) is 5.96. The van der Waals surface area contributed by atoms with Crippen LogP contribution in [0, 0.1) is 18.8 Å². The summed E-state index contributed by atoms with van der Waals surface area (Å²) < 4.78 is 0. The molecule has 0 bridgehead atoms. The third-order valence-electron chi connectivity index (χ3n) is 8.32. The molecule has 0 saturated carbocycles. The summed E-state index contributed by atoms with van der Waals surface area (Å²) in [7, 11) is 0. The van der Waals surface area contributed by atoms with Crippen molar-refractivity contribution in [1.29, 1.82) is 0 Å². The second-order valence-electron chi connectivity index (χ2n) is 10.6. The number of rotatable bonds is 5. The molecule has 0 amide bonds. The van der Waals surface area contributed by atoms with Crippen molar-refractivity contribution < 1.29 is 0 Å². The van der Waals surface area contributed by atoms with Crippen molar-refractivity contribution in [2.45, 2.75) is 65.2 Å². The van der Waals surface area contributed by atoms with Crippen LogP contribution in [0.1, 0.15) is 85.3 Å². The van der Waals surface area contributed by atoms with Crippen LogP contribution in [-0.2, 0) is 6.42 Å². The van der Waals surface area contributed by atoms with Crippen molar-refractivity contribution in [2.24, 2.45) is 11.8 Å². The van der Waals surface area contributed by atoms with Crippen molar-refractivity contribution in [3.63, 3.8) is 0 Å². The van der Waals surface area contributed by atoms with Crippen LogP contribution in [0.3, 0.4) is 0 Å². The summed E-state index contributed by atoms with van der Waals surface area (Å²) >= 11 is 0. The van der Waals surface area contributed by atoms with Gasteiger partial charge in [0.25, 0.3) is 0 Å². The lowest BCUT2D eigenvalue weighted by atomic mass is 9.70. The van der Waals surface area contributed by atoms with E-state index < -0.39 is 0 Å². The molecule has 0 spiro atoms. The highest BCUT2D eigenvalue weighted by molar-refractivity contribution is 5.77. The predicted molar refractivity (Wildman–Crippen MR) is 148 cm³/mol. The zero-order chi connectivity index (χ0) is 23.7. The summed E-state index contributed by atoms with van der Waals surface area (Å²) in [5, 5.41) is 0. The molecule has 3 aliphatic carbocycles. The maximum absolute atomic E-state index is 2.57. The van der Waals surface area contributed by atoms with E-state index in [9.17, 15) is 0 Å². The first-order valence-electron chi connectivity index (χ1n) is 13.2. The SMILES string of the molecule is CCC(C)C1C=CC(c2ccc(C3C=CC(C)=CC3)cc2)=CC1c1c(C)ccc2c1C=CCC2. The number of hydrogen-bond donors (Lipinski definition) is 0. The highest BCUT2D eigenvalue weighted by atomic mass is 14.3. The fraction of sp³-hybridized carbons (Fsp3) is 0.353. The lowest BCUT2D eigenvalue weighted by Crippen LogP contribution is -2.21. The van der Waals surface area contributed by atoms with E-state index in [0.717, 1.165) is 19.3 Å². The topological polar surface area (TPSA) is 0 Å². The van der Waals surface area contributed by atoms with Gasteiger partial charge in [-0.15, -0.1) is 0 Å². The lowest BCUT2D eigenvalue weighted by molar-refractivity contribution is 0.383. The molecule has 0 nitrogen and oxygen atoms in total. The molecule has 0 heteroatoms. The number of benzene rings is 2. The molecule has 5 rings (SSSR count). The molecule has 0 aliphatic heterocycles. The molecule has 3 aliphatic rings. The standard InChI is InChI=1S/C34H38/c1-5-24(3)31-21-20-30(28-18-16-27(17-19-28)26-13-10-23(2)11-14-26)22-33(31)34-25(4)12-15-29-8-6-7-9-32(29)34/h7,9-13,15-22,24,26,31,33H,5-6,8,14H2,1-4H3. The molecule has 174 valence electrons. The van der Waals surface area contributed by atoms with Gasteiger partial charge < -0.3 is 0 Å². The van der Waals surface area contributed by atoms with Gasteiger partial charge in [-0.2, -0.15) is 0 Å². The number of hydrogen-bond acceptors (Lipinski definition) is 0. The molecule has 4 atom stereocenters. The van der Waals surface area contributed by atoms with Crippen LogP contribution in [0.15, 0.2) is 84.5 Å². The van der Waals surface area contributed by atoms with Gasteiger partial charge in [0, 0.05) is 11.8 Å². The van der Waals surface area contributed by atoms with E-state index in [1.807, 2.05) is 0 Å². The van der Waals surface area contributed by atoms with Crippen LogP contribution in [0.5, 0.6) is 0 Å². The van der Waals surface area contributed by atoms with E-state index >= 15 is 0 Å². The normalized spacial score (nSPS) is 24.4. The van der Waals surface area contributed by atoms with Gasteiger partial charge in [0.05, 0.1) is 0 Å². The Morgan fingerprint density at radius 3 is 2.50 bits per heavy atom. The maximum atomic E-state index is 2.57. The van der Waals surface area contributed by atoms with E-state index in [1.54, 1.807) is 5.56 Å². The molecule has 34 heavy (non-hydrogen) atoms. The summed E-state index contributed by atoms with van der Waals surface area (Å²) in [4.78, 5) is 0. The quantitative estimate of drug-likeness (QED) is 0.429. The van der Waals surface area contributed by atoms with Gasteiger partial charge in [0.1, 0.15) is 0 Å². The number of allylic oxidation sites excluding steroid dienone is 9. The van der Waals surface area contributed by atoms with Crippen molar-refractivity contribution in [1.82, 2.24) is 0 Å². The predicted octanol–water partition coefficient (Wildman–Crippen LogP) is 9.34. The zero-order valence-corrected chi connectivity index (χ0v) is 21.2. The Morgan fingerprint density at radius 1 is 0.941 bits per heavy atom. The molecular weight excluding hydrogens is 408 g/mol. The maximum Gasteiger partial charge on any atom is 0.0101 e. The summed E-state index contributed by atoms with van der Waals surface area (Å²) in [6.07, 6.45) is 23.8. The first-order valence-corrected chi connectivity index (χ1v) is 13.2. The minimum atomic E-state index is 0.418. The molecule has 0 heterocycles. The highest BCUT2D eigenvalue weighted by Crippen LogP contribution is 2.44. The second kappa shape index (κ2) is 9.79. The monoisotopic (exact) mass is 446 g/mol. The van der Waals surface area contributed by atoms with E-state index in [4.69, 9.17) is 0 Å². The molecule has 0 fully saturated rings. The molecule has 0 N–H and O–H groups in total. The van der Waals surface area contributed by atoms with Crippen LogP contribution in [0.25, 0.3) is 11.6 Å². The van der Waals surface area contributed by atoms with Gasteiger partial charge in [-0.25, -0.2) is 0 Å². The van der Waals surface area contributed by atoms with Crippen molar-refractivity contribution in [3.05, 3.63) is 118 Å². The van der Waals surface area contributed by atoms with Gasteiger partial charge in [0.15, 0.2) is 0 Å². The highest BCUT2D eigenvalue weighted by Gasteiger charge is 2.30. The van der Waals surface area contributed by atoms with Gasteiger partial charge >= 0.3 is 0 Å². The molecule has 2 aromatic rings. The van der Waals surface area contributed by atoms with Crippen molar-refractivity contribution >= 4 is 11.6 Å². The van der Waals surface area contributed by atoms with Crippen LogP contribution in [-0.4, -0.2) is 0 Å². The van der Waals surface area contributed by atoms with Gasteiger partial charge in [-0.1, -0.05) is 111 Å². The Balaban J connectivity index is 1.51. The van der Waals surface area contributed by atoms with Crippen LogP contribution >= 0.6 is 0 Å². The van der Waals surface area contributed by atoms with Crippen molar-refractivity contribution in [2.75, 3.05) is 0 Å². The molecule has 0 aromatic heterocycles. The van der Waals surface area contributed by atoms with Crippen LogP contribution in [0.4, 0.5) is 0 Å². The number of fused-ring (bicyclic) bond motifs is 1. The lowest BCUT2D eigenvalue weighted by Gasteiger charge is -2.34. The Labute approximate surface area is 206 Å². The largest absolute Gasteiger partial charge is 0.0836 e. The average molecular weight is 447 g/mol. The Hall–Kier alpha value is -2.86. The Bertz CT molecular complexity index is 1200. The second-order valence-corrected chi connectivity index (χ2v) is 10.6. The molecule has 4 unspecified atom stereocenters. The fourth-order valence-corrected chi connectivity index (χ4v) is 5.96. The van der Waals surface area contributed by atoms with Gasteiger partial charge in [-0.3, -0.25) is 0 Å². The molecule has 2 aromatic carbocycles. The van der Waals surface area contributed by atoms with E-state index in [2.05, 4.69) is 113 Å².